The first-order valence-electron chi connectivity index (χ1n) is 4.63. The third-order valence-corrected chi connectivity index (χ3v) is 1.94. The summed E-state index contributed by atoms with van der Waals surface area (Å²) < 4.78 is 9.57. The van der Waals surface area contributed by atoms with E-state index in [2.05, 4.69) is 4.74 Å². The Morgan fingerprint density at radius 3 is 2.87 bits per heavy atom. The van der Waals surface area contributed by atoms with Gasteiger partial charge in [-0.15, -0.1) is 0 Å². The number of ether oxygens (including phenoxy) is 2. The van der Waals surface area contributed by atoms with Crippen LogP contribution in [0, 0.1) is 0 Å². The maximum Gasteiger partial charge on any atom is 0.330 e. The zero-order valence-corrected chi connectivity index (χ0v) is 8.90. The Bertz CT molecular complexity index is 356. The zero-order valence-electron chi connectivity index (χ0n) is 8.90. The van der Waals surface area contributed by atoms with Crippen molar-refractivity contribution in [1.82, 2.24) is 0 Å². The molecule has 0 unspecified atom stereocenters. The molecule has 0 saturated carbocycles. The van der Waals surface area contributed by atoms with E-state index in [0.717, 1.165) is 11.3 Å². The first kappa shape index (κ1) is 11.3. The predicted molar refractivity (Wildman–Crippen MR) is 57.9 cm³/mol. The lowest BCUT2D eigenvalue weighted by Crippen LogP contribution is -1.94. The summed E-state index contributed by atoms with van der Waals surface area (Å²) in [5, 5.41) is 0. The maximum absolute atomic E-state index is 10.8. The van der Waals surface area contributed by atoms with Crippen LogP contribution < -0.4 is 4.74 Å². The van der Waals surface area contributed by atoms with E-state index in [0.29, 0.717) is 6.42 Å². The largest absolute Gasteiger partial charge is 0.497 e. The van der Waals surface area contributed by atoms with E-state index in [4.69, 9.17) is 4.74 Å². The molecule has 1 rings (SSSR count). The van der Waals surface area contributed by atoms with Crippen LogP contribution in [0.3, 0.4) is 0 Å². The number of methoxy groups -OCH3 is 2. The highest BCUT2D eigenvalue weighted by atomic mass is 16.5. The van der Waals surface area contributed by atoms with E-state index in [1.165, 1.54) is 13.2 Å². The van der Waals surface area contributed by atoms with Gasteiger partial charge in [0.05, 0.1) is 14.2 Å². The van der Waals surface area contributed by atoms with E-state index < -0.39 is 0 Å². The summed E-state index contributed by atoms with van der Waals surface area (Å²) in [6.45, 7) is 0. The van der Waals surface area contributed by atoms with Crippen molar-refractivity contribution in [3.05, 3.63) is 42.0 Å². The third kappa shape index (κ3) is 3.85. The predicted octanol–water partition coefficient (Wildman–Crippen LogP) is 1.97. The average molecular weight is 206 g/mol. The smallest absolute Gasteiger partial charge is 0.330 e. The number of carbonyl (C=O) groups excluding carboxylic acids is 1. The fourth-order valence-corrected chi connectivity index (χ4v) is 1.16. The highest BCUT2D eigenvalue weighted by Gasteiger charge is 1.94. The molecule has 80 valence electrons. The molecule has 0 aliphatic heterocycles. The molecule has 0 amide bonds. The second kappa shape index (κ2) is 5.86. The SMILES string of the molecule is COC(=O)C=CCc1cccc(OC)c1. The van der Waals surface area contributed by atoms with E-state index in [1.807, 2.05) is 24.3 Å². The summed E-state index contributed by atoms with van der Waals surface area (Å²) in [6.07, 6.45) is 3.87. The van der Waals surface area contributed by atoms with Gasteiger partial charge in [-0.2, -0.15) is 0 Å². The fraction of sp³-hybridized carbons (Fsp3) is 0.250. The molecule has 0 aliphatic rings. The van der Waals surface area contributed by atoms with Crippen molar-refractivity contribution in [3.8, 4) is 5.75 Å². The molecule has 3 nitrogen and oxygen atoms in total. The van der Waals surface area contributed by atoms with E-state index in [1.54, 1.807) is 13.2 Å². The topological polar surface area (TPSA) is 35.5 Å². The summed E-state index contributed by atoms with van der Waals surface area (Å²) >= 11 is 0. The van der Waals surface area contributed by atoms with Crippen LogP contribution in [0.4, 0.5) is 0 Å². The van der Waals surface area contributed by atoms with Crippen LogP contribution in [-0.2, 0) is 16.0 Å². The lowest BCUT2D eigenvalue weighted by molar-refractivity contribution is -0.134. The molecule has 0 spiro atoms. The molecule has 0 fully saturated rings. The zero-order chi connectivity index (χ0) is 11.1. The summed E-state index contributed by atoms with van der Waals surface area (Å²) in [5.74, 6) is 0.483. The minimum absolute atomic E-state index is 0.335. The van der Waals surface area contributed by atoms with Gasteiger partial charge in [0.15, 0.2) is 0 Å². The molecule has 1 aromatic carbocycles. The Balaban J connectivity index is 2.57. The van der Waals surface area contributed by atoms with Gasteiger partial charge in [0.2, 0.25) is 0 Å². The lowest BCUT2D eigenvalue weighted by atomic mass is 10.1. The number of allylic oxidation sites excluding steroid dienone is 1. The molecule has 0 bridgehead atoms. The van der Waals surface area contributed by atoms with Crippen molar-refractivity contribution in [2.24, 2.45) is 0 Å². The first-order valence-corrected chi connectivity index (χ1v) is 4.63. The van der Waals surface area contributed by atoms with Gasteiger partial charge < -0.3 is 9.47 Å². The maximum atomic E-state index is 10.8. The van der Waals surface area contributed by atoms with Gasteiger partial charge in [-0.1, -0.05) is 18.2 Å². The number of hydrogen-bond acceptors (Lipinski definition) is 3. The van der Waals surface area contributed by atoms with Crippen LogP contribution >= 0.6 is 0 Å². The molecule has 0 radical (unpaired) electrons. The van der Waals surface area contributed by atoms with Crippen LogP contribution in [0.15, 0.2) is 36.4 Å². The third-order valence-electron chi connectivity index (χ3n) is 1.94. The second-order valence-electron chi connectivity index (χ2n) is 2.98. The van der Waals surface area contributed by atoms with Crippen LogP contribution in [0.5, 0.6) is 5.75 Å². The van der Waals surface area contributed by atoms with Crippen LogP contribution in [0.25, 0.3) is 0 Å². The van der Waals surface area contributed by atoms with Gasteiger partial charge in [0, 0.05) is 6.08 Å². The molecule has 0 heterocycles. The number of esters is 1. The van der Waals surface area contributed by atoms with Crippen molar-refractivity contribution in [3.63, 3.8) is 0 Å². The van der Waals surface area contributed by atoms with Crippen LogP contribution in [-0.4, -0.2) is 20.2 Å². The number of carbonyl (C=O) groups is 1. The first-order chi connectivity index (χ1) is 7.26. The molecular formula is C12H14O3. The fourth-order valence-electron chi connectivity index (χ4n) is 1.16. The summed E-state index contributed by atoms with van der Waals surface area (Å²) in [7, 11) is 2.99. The quantitative estimate of drug-likeness (QED) is 0.558. The minimum Gasteiger partial charge on any atom is -0.497 e. The van der Waals surface area contributed by atoms with Crippen molar-refractivity contribution in [2.75, 3.05) is 14.2 Å². The number of rotatable bonds is 4. The van der Waals surface area contributed by atoms with Crippen LogP contribution in [0.2, 0.25) is 0 Å². The van der Waals surface area contributed by atoms with Crippen molar-refractivity contribution >= 4 is 5.97 Å². The average Bonchev–Trinajstić information content (AvgIpc) is 2.29. The van der Waals surface area contributed by atoms with Crippen molar-refractivity contribution in [2.45, 2.75) is 6.42 Å². The van der Waals surface area contributed by atoms with Gasteiger partial charge in [-0.05, 0) is 24.1 Å². The van der Waals surface area contributed by atoms with Crippen molar-refractivity contribution in [1.29, 1.82) is 0 Å². The van der Waals surface area contributed by atoms with E-state index in [-0.39, 0.29) is 5.97 Å². The normalized spacial score (nSPS) is 10.3. The summed E-state index contributed by atoms with van der Waals surface area (Å²) in [6, 6.07) is 7.71. The van der Waals surface area contributed by atoms with Gasteiger partial charge >= 0.3 is 5.97 Å². The Morgan fingerprint density at radius 1 is 1.40 bits per heavy atom. The van der Waals surface area contributed by atoms with Crippen LogP contribution in [0.1, 0.15) is 5.56 Å². The molecule has 3 heteroatoms. The Kier molecular flexibility index (Phi) is 4.41. The van der Waals surface area contributed by atoms with E-state index in [9.17, 15) is 4.79 Å². The van der Waals surface area contributed by atoms with Gasteiger partial charge in [-0.3, -0.25) is 0 Å². The molecule has 0 aliphatic carbocycles. The number of benzene rings is 1. The molecule has 0 N–H and O–H groups in total. The van der Waals surface area contributed by atoms with Crippen molar-refractivity contribution < 1.29 is 14.3 Å². The lowest BCUT2D eigenvalue weighted by Gasteiger charge is -2.01. The molecule has 1 aromatic rings. The Labute approximate surface area is 89.3 Å². The summed E-state index contributed by atoms with van der Waals surface area (Å²) in [5.41, 5.74) is 1.09. The Morgan fingerprint density at radius 2 is 2.20 bits per heavy atom. The highest BCUT2D eigenvalue weighted by Crippen LogP contribution is 2.12. The van der Waals surface area contributed by atoms with Gasteiger partial charge in [-0.25, -0.2) is 4.79 Å². The molecule has 0 atom stereocenters. The second-order valence-corrected chi connectivity index (χ2v) is 2.98. The Hall–Kier alpha value is -1.77. The minimum atomic E-state index is -0.335. The standard InChI is InChI=1S/C12H14O3/c1-14-11-7-3-5-10(9-11)6-4-8-12(13)15-2/h3-5,7-9H,6H2,1-2H3. The molecular weight excluding hydrogens is 192 g/mol. The van der Waals surface area contributed by atoms with E-state index >= 15 is 0 Å². The number of hydrogen-bond donors (Lipinski definition) is 0. The molecule has 15 heavy (non-hydrogen) atoms. The molecule has 0 saturated heterocycles. The molecule has 0 aromatic heterocycles. The summed E-state index contributed by atoms with van der Waals surface area (Å²) in [4.78, 5) is 10.8. The van der Waals surface area contributed by atoms with Gasteiger partial charge in [0.1, 0.15) is 5.75 Å². The highest BCUT2D eigenvalue weighted by molar-refractivity contribution is 5.81. The monoisotopic (exact) mass is 206 g/mol. The van der Waals surface area contributed by atoms with Gasteiger partial charge in [0.25, 0.3) is 0 Å².